The number of halogens is 6. The summed E-state index contributed by atoms with van der Waals surface area (Å²) < 4.78 is 79.6. The molecule has 1 aromatic carbocycles. The molecule has 0 aliphatic carbocycles. The van der Waals surface area contributed by atoms with E-state index in [0.717, 1.165) is 6.07 Å². The third-order valence-electron chi connectivity index (χ3n) is 5.43. The van der Waals surface area contributed by atoms with Crippen LogP contribution in [0, 0.1) is 17.5 Å². The molecule has 5 nitrogen and oxygen atoms in total. The lowest BCUT2D eigenvalue weighted by atomic mass is 9.99. The van der Waals surface area contributed by atoms with Crippen molar-refractivity contribution in [3.8, 4) is 0 Å². The van der Waals surface area contributed by atoms with Crippen molar-refractivity contribution in [2.24, 2.45) is 10.8 Å². The molecular formula is C18H23F6N5. The fraction of sp³-hybridized carbons (Fsp3) is 0.611. The Balaban J connectivity index is 1.58. The van der Waals surface area contributed by atoms with Crippen LogP contribution in [-0.4, -0.2) is 71.8 Å². The van der Waals surface area contributed by atoms with Gasteiger partial charge in [0, 0.05) is 44.8 Å². The molecule has 1 fully saturated rings. The first kappa shape index (κ1) is 21.7. The second-order valence-corrected chi connectivity index (χ2v) is 7.57. The van der Waals surface area contributed by atoms with Crippen LogP contribution < -0.4 is 5.73 Å². The number of nitrogens with two attached hydrogens (primary N) is 1. The molecule has 2 aliphatic heterocycles. The van der Waals surface area contributed by atoms with Crippen LogP contribution in [0.3, 0.4) is 0 Å². The third-order valence-corrected chi connectivity index (χ3v) is 5.43. The number of rotatable bonds is 5. The Hall–Kier alpha value is -2.01. The summed E-state index contributed by atoms with van der Waals surface area (Å²) in [5.41, 5.74) is 6.07. The normalized spacial score (nSPS) is 22.5. The van der Waals surface area contributed by atoms with Crippen molar-refractivity contribution < 1.29 is 26.3 Å². The molecule has 0 aromatic heterocycles. The minimum atomic E-state index is -4.51. The van der Waals surface area contributed by atoms with Gasteiger partial charge in [0.05, 0.1) is 0 Å². The summed E-state index contributed by atoms with van der Waals surface area (Å²) in [7, 11) is 1.50. The Labute approximate surface area is 164 Å². The molecule has 2 unspecified atom stereocenters. The number of piperazine rings is 1. The number of fused-ring (bicyclic) bond motifs is 1. The number of nitrogens with zero attached hydrogens (tertiary/aromatic N) is 4. The average Bonchev–Trinajstić information content (AvgIpc) is 2.96. The summed E-state index contributed by atoms with van der Waals surface area (Å²) in [6.45, 7) is 2.79. The van der Waals surface area contributed by atoms with E-state index in [9.17, 15) is 26.3 Å². The van der Waals surface area contributed by atoms with Gasteiger partial charge < -0.3 is 10.6 Å². The summed E-state index contributed by atoms with van der Waals surface area (Å²) >= 11 is 0. The van der Waals surface area contributed by atoms with Gasteiger partial charge in [-0.3, -0.25) is 9.91 Å². The van der Waals surface area contributed by atoms with Crippen molar-refractivity contribution in [1.29, 1.82) is 0 Å². The van der Waals surface area contributed by atoms with Gasteiger partial charge in [0.25, 0.3) is 0 Å². The standard InChI is InChI=1S/C18H23F6N5/c1-10(5-12(25)6-11-7-14(20)15(21)8-13(11)19)28-3-4-29-16(9-28)27(2)26-17(29)18(22,23)24/h7-8,10,12,16H,3-6,9,25H2,1-2H3/t10?,12-,16?/m0/s1. The van der Waals surface area contributed by atoms with Gasteiger partial charge in [-0.15, -0.1) is 0 Å². The number of amidine groups is 1. The minimum absolute atomic E-state index is 0.00726. The molecule has 3 rings (SSSR count). The van der Waals surface area contributed by atoms with Crippen LogP contribution in [0.1, 0.15) is 18.9 Å². The van der Waals surface area contributed by atoms with Gasteiger partial charge in [0.15, 0.2) is 11.6 Å². The van der Waals surface area contributed by atoms with Crippen LogP contribution in [0.25, 0.3) is 0 Å². The smallest absolute Gasteiger partial charge is 0.327 e. The highest BCUT2D eigenvalue weighted by atomic mass is 19.4. The second kappa shape index (κ2) is 8.02. The quantitative estimate of drug-likeness (QED) is 0.584. The van der Waals surface area contributed by atoms with Crippen LogP contribution >= 0.6 is 0 Å². The maximum absolute atomic E-state index is 13.8. The van der Waals surface area contributed by atoms with E-state index in [1.165, 1.54) is 17.0 Å². The highest BCUT2D eigenvalue weighted by Gasteiger charge is 2.49. The second-order valence-electron chi connectivity index (χ2n) is 7.57. The molecule has 2 aliphatic rings. The van der Waals surface area contributed by atoms with Gasteiger partial charge in [-0.1, -0.05) is 0 Å². The summed E-state index contributed by atoms with van der Waals surface area (Å²) in [6, 6.07) is 0.681. The maximum atomic E-state index is 13.8. The first-order valence-electron chi connectivity index (χ1n) is 9.25. The Bertz CT molecular complexity index is 783. The van der Waals surface area contributed by atoms with E-state index in [-0.39, 0.29) is 24.6 Å². The number of hydrogen-bond donors (Lipinski definition) is 1. The molecule has 3 atom stereocenters. The van der Waals surface area contributed by atoms with Crippen molar-refractivity contribution in [3.05, 3.63) is 35.1 Å². The number of hydrogen-bond acceptors (Lipinski definition) is 5. The minimum Gasteiger partial charge on any atom is -0.327 e. The van der Waals surface area contributed by atoms with Gasteiger partial charge in [-0.2, -0.15) is 18.3 Å². The highest BCUT2D eigenvalue weighted by Crippen LogP contribution is 2.30. The lowest BCUT2D eigenvalue weighted by molar-refractivity contribution is -0.0725. The van der Waals surface area contributed by atoms with Crippen molar-refractivity contribution >= 4 is 5.84 Å². The summed E-state index contributed by atoms with van der Waals surface area (Å²) in [4.78, 5) is 3.26. The Morgan fingerprint density at radius 3 is 2.45 bits per heavy atom. The van der Waals surface area contributed by atoms with E-state index in [1.54, 1.807) is 0 Å². The van der Waals surface area contributed by atoms with E-state index in [1.807, 2.05) is 11.8 Å². The lowest BCUT2D eigenvalue weighted by Gasteiger charge is -2.43. The van der Waals surface area contributed by atoms with E-state index < -0.39 is 41.7 Å². The van der Waals surface area contributed by atoms with Gasteiger partial charge in [0.1, 0.15) is 12.0 Å². The van der Waals surface area contributed by atoms with Crippen molar-refractivity contribution in [2.75, 3.05) is 26.7 Å². The van der Waals surface area contributed by atoms with Crippen LogP contribution in [0.2, 0.25) is 0 Å². The highest BCUT2D eigenvalue weighted by molar-refractivity contribution is 5.88. The van der Waals surface area contributed by atoms with Crippen molar-refractivity contribution in [2.45, 2.75) is 44.2 Å². The first-order valence-corrected chi connectivity index (χ1v) is 9.25. The number of benzene rings is 1. The first-order chi connectivity index (χ1) is 13.5. The van der Waals surface area contributed by atoms with Gasteiger partial charge in [-0.05, 0) is 31.4 Å². The third kappa shape index (κ3) is 4.61. The number of hydrazone groups is 1. The Morgan fingerprint density at radius 1 is 1.14 bits per heavy atom. The molecule has 29 heavy (non-hydrogen) atoms. The number of alkyl halides is 3. The number of likely N-dealkylation sites (N-methyl/N-ethyl adjacent to an activating group) is 1. The van der Waals surface area contributed by atoms with E-state index in [0.29, 0.717) is 25.6 Å². The van der Waals surface area contributed by atoms with Crippen molar-refractivity contribution in [1.82, 2.24) is 14.8 Å². The molecule has 1 saturated heterocycles. The van der Waals surface area contributed by atoms with Crippen LogP contribution in [0.5, 0.6) is 0 Å². The predicted octanol–water partition coefficient (Wildman–Crippen LogP) is 2.52. The molecule has 2 N–H and O–H groups in total. The molecule has 0 bridgehead atoms. The van der Waals surface area contributed by atoms with E-state index >= 15 is 0 Å². The molecular weight excluding hydrogens is 400 g/mol. The summed E-state index contributed by atoms with van der Waals surface area (Å²) in [5, 5.41) is 4.94. The molecule has 0 spiro atoms. The molecule has 1 aromatic rings. The topological polar surface area (TPSA) is 48.1 Å². The zero-order valence-electron chi connectivity index (χ0n) is 16.1. The average molecular weight is 423 g/mol. The van der Waals surface area contributed by atoms with Crippen LogP contribution in [-0.2, 0) is 6.42 Å². The zero-order chi connectivity index (χ0) is 21.5. The van der Waals surface area contributed by atoms with Crippen LogP contribution in [0.15, 0.2) is 17.2 Å². The van der Waals surface area contributed by atoms with Gasteiger partial charge in [-0.25, -0.2) is 13.2 Å². The molecule has 162 valence electrons. The Kier molecular flexibility index (Phi) is 6.00. The predicted molar refractivity (Wildman–Crippen MR) is 95.4 cm³/mol. The fourth-order valence-corrected chi connectivity index (χ4v) is 3.92. The van der Waals surface area contributed by atoms with E-state index in [2.05, 4.69) is 5.10 Å². The molecule has 0 radical (unpaired) electrons. The Morgan fingerprint density at radius 2 is 1.79 bits per heavy atom. The summed E-state index contributed by atoms with van der Waals surface area (Å²) in [6.07, 6.45) is -4.59. The molecule has 2 heterocycles. The monoisotopic (exact) mass is 423 g/mol. The molecule has 11 heteroatoms. The zero-order valence-corrected chi connectivity index (χ0v) is 16.1. The molecule has 0 amide bonds. The molecule has 0 saturated carbocycles. The fourth-order valence-electron chi connectivity index (χ4n) is 3.92. The maximum Gasteiger partial charge on any atom is 0.451 e. The van der Waals surface area contributed by atoms with E-state index in [4.69, 9.17) is 5.73 Å². The van der Waals surface area contributed by atoms with Crippen LogP contribution in [0.4, 0.5) is 26.3 Å². The SMILES string of the molecule is CC(C[C@H](N)Cc1cc(F)c(F)cc1F)N1CCN2C(C(F)(F)F)=NN(C)C2C1. The largest absolute Gasteiger partial charge is 0.451 e. The lowest BCUT2D eigenvalue weighted by Crippen LogP contribution is -2.59. The van der Waals surface area contributed by atoms with Crippen molar-refractivity contribution in [3.63, 3.8) is 0 Å². The summed E-state index contributed by atoms with van der Waals surface area (Å²) in [5.74, 6) is -4.14. The van der Waals surface area contributed by atoms with Gasteiger partial charge in [0.2, 0.25) is 5.84 Å². The van der Waals surface area contributed by atoms with Gasteiger partial charge >= 0.3 is 6.18 Å².